The first-order chi connectivity index (χ1) is 6.42. The minimum absolute atomic E-state index is 1.03. The number of aryl methyl sites for hydroxylation is 1. The van der Waals surface area contributed by atoms with Gasteiger partial charge in [0.25, 0.3) is 0 Å². The lowest BCUT2D eigenvalue weighted by atomic mass is 10.2. The highest BCUT2D eigenvalue weighted by Gasteiger charge is 2.14. The number of hydrogen-bond donors (Lipinski definition) is 2. The van der Waals surface area contributed by atoms with Gasteiger partial charge in [0.15, 0.2) is 0 Å². The second-order valence-electron chi connectivity index (χ2n) is 3.32. The number of rotatable bonds is 2. The highest BCUT2D eigenvalue weighted by atomic mass is 15.2. The van der Waals surface area contributed by atoms with E-state index in [9.17, 15) is 0 Å². The van der Waals surface area contributed by atoms with Crippen molar-refractivity contribution in [3.63, 3.8) is 0 Å². The van der Waals surface area contributed by atoms with Crippen molar-refractivity contribution in [3.05, 3.63) is 11.9 Å². The molecular formula is C9H16N4. The van der Waals surface area contributed by atoms with Crippen LogP contribution in [0.4, 0.5) is 5.69 Å². The van der Waals surface area contributed by atoms with Crippen LogP contribution in [-0.4, -0.2) is 36.4 Å². The topological polar surface area (TPSA) is 44.0 Å². The monoisotopic (exact) mass is 180 g/mol. The van der Waals surface area contributed by atoms with Gasteiger partial charge in [-0.25, -0.2) is 0 Å². The molecule has 13 heavy (non-hydrogen) atoms. The number of anilines is 1. The summed E-state index contributed by atoms with van der Waals surface area (Å²) in [5.74, 6) is 0. The van der Waals surface area contributed by atoms with Crippen molar-refractivity contribution < 1.29 is 0 Å². The van der Waals surface area contributed by atoms with E-state index in [1.54, 1.807) is 0 Å². The fourth-order valence-electron chi connectivity index (χ4n) is 1.74. The first kappa shape index (κ1) is 8.56. The molecule has 0 bridgehead atoms. The maximum atomic E-state index is 4.08. The Bertz CT molecular complexity index is 262. The van der Waals surface area contributed by atoms with E-state index in [-0.39, 0.29) is 0 Å². The van der Waals surface area contributed by atoms with Gasteiger partial charge in [-0.1, -0.05) is 6.92 Å². The third-order valence-corrected chi connectivity index (χ3v) is 2.51. The lowest BCUT2D eigenvalue weighted by molar-refractivity contribution is 0.588. The SMILES string of the molecule is CCc1[nH]ncc1N1CCNCC1. The summed E-state index contributed by atoms with van der Waals surface area (Å²) in [4.78, 5) is 2.39. The standard InChI is InChI=1S/C9H16N4/c1-2-8-9(7-11-12-8)13-5-3-10-4-6-13/h7,10H,2-6H2,1H3,(H,11,12). The van der Waals surface area contributed by atoms with E-state index < -0.39 is 0 Å². The molecule has 4 heteroatoms. The van der Waals surface area contributed by atoms with Gasteiger partial charge in [-0.15, -0.1) is 0 Å². The Labute approximate surface area is 78.3 Å². The Hall–Kier alpha value is -1.03. The molecule has 1 fully saturated rings. The molecule has 0 amide bonds. The Morgan fingerprint density at radius 2 is 2.23 bits per heavy atom. The van der Waals surface area contributed by atoms with E-state index in [4.69, 9.17) is 0 Å². The van der Waals surface area contributed by atoms with Crippen LogP contribution in [0.2, 0.25) is 0 Å². The minimum Gasteiger partial charge on any atom is -0.366 e. The molecule has 72 valence electrons. The summed E-state index contributed by atoms with van der Waals surface area (Å²) >= 11 is 0. The maximum absolute atomic E-state index is 4.08. The molecule has 0 unspecified atom stereocenters. The molecule has 2 rings (SSSR count). The summed E-state index contributed by atoms with van der Waals surface area (Å²) in [6.45, 7) is 6.49. The first-order valence-corrected chi connectivity index (χ1v) is 4.89. The van der Waals surface area contributed by atoms with E-state index in [1.807, 2.05) is 6.20 Å². The third kappa shape index (κ3) is 1.67. The molecule has 0 atom stereocenters. The van der Waals surface area contributed by atoms with Crippen LogP contribution >= 0.6 is 0 Å². The van der Waals surface area contributed by atoms with Crippen LogP contribution in [0, 0.1) is 0 Å². The number of nitrogens with one attached hydrogen (secondary N) is 2. The number of nitrogens with zero attached hydrogens (tertiary/aromatic N) is 2. The third-order valence-electron chi connectivity index (χ3n) is 2.51. The van der Waals surface area contributed by atoms with Crippen LogP contribution in [0.3, 0.4) is 0 Å². The average Bonchev–Trinajstić information content (AvgIpc) is 2.67. The summed E-state index contributed by atoms with van der Waals surface area (Å²) in [5.41, 5.74) is 2.53. The summed E-state index contributed by atoms with van der Waals surface area (Å²) in [6.07, 6.45) is 2.96. The lowest BCUT2D eigenvalue weighted by Gasteiger charge is -2.28. The van der Waals surface area contributed by atoms with E-state index in [0.29, 0.717) is 0 Å². The predicted octanol–water partition coefficient (Wildman–Crippen LogP) is 0.382. The van der Waals surface area contributed by atoms with E-state index in [2.05, 4.69) is 27.3 Å². The number of hydrogen-bond acceptors (Lipinski definition) is 3. The fraction of sp³-hybridized carbons (Fsp3) is 0.667. The van der Waals surface area contributed by atoms with Crippen LogP contribution in [0.25, 0.3) is 0 Å². The Morgan fingerprint density at radius 3 is 2.92 bits per heavy atom. The molecular weight excluding hydrogens is 164 g/mol. The first-order valence-electron chi connectivity index (χ1n) is 4.89. The second kappa shape index (κ2) is 3.79. The zero-order valence-corrected chi connectivity index (χ0v) is 8.01. The molecule has 1 aromatic heterocycles. The Morgan fingerprint density at radius 1 is 1.46 bits per heavy atom. The molecule has 0 radical (unpaired) electrons. The molecule has 0 spiro atoms. The molecule has 4 nitrogen and oxygen atoms in total. The number of aromatic amines is 1. The lowest BCUT2D eigenvalue weighted by Crippen LogP contribution is -2.43. The molecule has 1 saturated heterocycles. The van der Waals surface area contributed by atoms with Gasteiger partial charge in [0.1, 0.15) is 0 Å². The number of H-pyrrole nitrogens is 1. The van der Waals surface area contributed by atoms with Crippen molar-refractivity contribution in [2.24, 2.45) is 0 Å². The van der Waals surface area contributed by atoms with Crippen molar-refractivity contribution in [1.82, 2.24) is 15.5 Å². The van der Waals surface area contributed by atoms with Gasteiger partial charge in [0.2, 0.25) is 0 Å². The van der Waals surface area contributed by atoms with Crippen LogP contribution in [0.5, 0.6) is 0 Å². The number of piperazine rings is 1. The highest BCUT2D eigenvalue weighted by Crippen LogP contribution is 2.18. The van der Waals surface area contributed by atoms with Gasteiger partial charge in [0, 0.05) is 26.2 Å². The molecule has 2 N–H and O–H groups in total. The predicted molar refractivity (Wildman–Crippen MR) is 53.0 cm³/mol. The van der Waals surface area contributed by atoms with Crippen molar-refractivity contribution in [2.75, 3.05) is 31.1 Å². The van der Waals surface area contributed by atoms with Gasteiger partial charge in [-0.2, -0.15) is 5.10 Å². The molecule has 1 aromatic rings. The largest absolute Gasteiger partial charge is 0.366 e. The smallest absolute Gasteiger partial charge is 0.0783 e. The van der Waals surface area contributed by atoms with Crippen LogP contribution in [-0.2, 0) is 6.42 Å². The van der Waals surface area contributed by atoms with Crippen LogP contribution in [0.1, 0.15) is 12.6 Å². The van der Waals surface area contributed by atoms with E-state index >= 15 is 0 Å². The summed E-state index contributed by atoms with van der Waals surface area (Å²) in [7, 11) is 0. The van der Waals surface area contributed by atoms with E-state index in [1.165, 1.54) is 11.4 Å². The van der Waals surface area contributed by atoms with Crippen molar-refractivity contribution in [2.45, 2.75) is 13.3 Å². The molecule has 2 heterocycles. The average molecular weight is 180 g/mol. The van der Waals surface area contributed by atoms with Gasteiger partial charge in [0.05, 0.1) is 17.6 Å². The second-order valence-corrected chi connectivity index (χ2v) is 3.32. The minimum atomic E-state index is 1.03. The van der Waals surface area contributed by atoms with Gasteiger partial charge in [-0.3, -0.25) is 5.10 Å². The highest BCUT2D eigenvalue weighted by molar-refractivity contribution is 5.49. The molecule has 0 aliphatic carbocycles. The zero-order valence-electron chi connectivity index (χ0n) is 8.01. The summed E-state index contributed by atoms with van der Waals surface area (Å²) < 4.78 is 0. The summed E-state index contributed by atoms with van der Waals surface area (Å²) in [5, 5.41) is 10.5. The Balaban J connectivity index is 2.13. The van der Waals surface area contributed by atoms with E-state index in [0.717, 1.165) is 32.6 Å². The van der Waals surface area contributed by atoms with Gasteiger partial charge >= 0.3 is 0 Å². The number of aromatic nitrogens is 2. The Kier molecular flexibility index (Phi) is 2.49. The maximum Gasteiger partial charge on any atom is 0.0783 e. The molecule has 1 aliphatic heterocycles. The zero-order chi connectivity index (χ0) is 9.10. The molecule has 0 saturated carbocycles. The quantitative estimate of drug-likeness (QED) is 0.691. The van der Waals surface area contributed by atoms with Crippen LogP contribution < -0.4 is 10.2 Å². The van der Waals surface area contributed by atoms with Crippen molar-refractivity contribution in [1.29, 1.82) is 0 Å². The van der Waals surface area contributed by atoms with Gasteiger partial charge in [-0.05, 0) is 6.42 Å². The summed E-state index contributed by atoms with van der Waals surface area (Å²) in [6, 6.07) is 0. The van der Waals surface area contributed by atoms with Gasteiger partial charge < -0.3 is 10.2 Å². The van der Waals surface area contributed by atoms with Crippen LogP contribution in [0.15, 0.2) is 6.20 Å². The molecule has 0 aromatic carbocycles. The van der Waals surface area contributed by atoms with Crippen molar-refractivity contribution in [3.8, 4) is 0 Å². The molecule has 1 aliphatic rings. The van der Waals surface area contributed by atoms with Crippen molar-refractivity contribution >= 4 is 5.69 Å². The normalized spacial score (nSPS) is 17.8. The fourth-order valence-corrected chi connectivity index (χ4v) is 1.74.